The Hall–Kier alpha value is -8.80. The fourth-order valence-electron chi connectivity index (χ4n) is 11.4. The van der Waals surface area contributed by atoms with Crippen LogP contribution < -0.4 is 0 Å². The van der Waals surface area contributed by atoms with Crippen molar-refractivity contribution in [2.24, 2.45) is 0 Å². The van der Waals surface area contributed by atoms with E-state index in [1.54, 1.807) is 0 Å². The van der Waals surface area contributed by atoms with Crippen LogP contribution in [0.5, 0.6) is 0 Å². The van der Waals surface area contributed by atoms with Gasteiger partial charge in [-0.3, -0.25) is 0 Å². The maximum absolute atomic E-state index is 7.52. The number of benzene rings is 10. The van der Waals surface area contributed by atoms with E-state index in [-0.39, 0.29) is 0 Å². The standard InChI is InChI=1S/C60H36N4O/c1-10-28-46-37(19-1)38-20-2-11-29-47(38)61(46)56-55-45-27-9-18-36-54(45)65-60(55)59(64-52-34-16-7-25-43(52)44-26-8-17-35-53(44)64)58(63-50-32-14-5-23-41(50)42-24-6-15-33-51(42)63)57(56)62-48-30-12-3-21-39(48)40-22-4-13-31-49(40)62/h1-36H. The molecular weight excluding hydrogens is 793 g/mol. The molecule has 65 heavy (non-hydrogen) atoms. The van der Waals surface area contributed by atoms with E-state index in [2.05, 4.69) is 237 Å². The number of nitrogens with zero attached hydrogens (tertiary/aromatic N) is 4. The Morgan fingerprint density at radius 2 is 0.446 bits per heavy atom. The minimum Gasteiger partial charge on any atom is -0.454 e. The quantitative estimate of drug-likeness (QED) is 0.174. The normalized spacial score (nSPS) is 12.3. The number of rotatable bonds is 4. The van der Waals surface area contributed by atoms with Gasteiger partial charge in [0.2, 0.25) is 0 Å². The molecule has 0 amide bonds. The third kappa shape index (κ3) is 4.51. The highest BCUT2D eigenvalue weighted by atomic mass is 16.3. The van der Waals surface area contributed by atoms with E-state index >= 15 is 0 Å². The molecule has 10 aromatic carbocycles. The fraction of sp³-hybridized carbons (Fsp3) is 0. The number of aromatic nitrogens is 4. The van der Waals surface area contributed by atoms with Crippen molar-refractivity contribution >= 4 is 109 Å². The molecule has 0 aliphatic carbocycles. The van der Waals surface area contributed by atoms with Crippen LogP contribution in [0.1, 0.15) is 0 Å². The summed E-state index contributed by atoms with van der Waals surface area (Å²) in [6.45, 7) is 0. The third-order valence-electron chi connectivity index (χ3n) is 13.9. The Kier molecular flexibility index (Phi) is 6.89. The molecular formula is C60H36N4O. The van der Waals surface area contributed by atoms with E-state index in [1.165, 1.54) is 43.1 Å². The third-order valence-corrected chi connectivity index (χ3v) is 13.9. The molecule has 0 aliphatic heterocycles. The van der Waals surface area contributed by atoms with Crippen molar-refractivity contribution in [1.82, 2.24) is 18.3 Å². The van der Waals surface area contributed by atoms with Crippen molar-refractivity contribution in [1.29, 1.82) is 0 Å². The molecule has 0 saturated heterocycles. The minimum atomic E-state index is 0.816. The fourth-order valence-corrected chi connectivity index (χ4v) is 11.4. The highest BCUT2D eigenvalue weighted by Crippen LogP contribution is 2.52. The predicted molar refractivity (Wildman–Crippen MR) is 271 cm³/mol. The second kappa shape index (κ2) is 12.9. The molecule has 0 atom stereocenters. The summed E-state index contributed by atoms with van der Waals surface area (Å²) in [6, 6.07) is 79.6. The largest absolute Gasteiger partial charge is 0.454 e. The van der Waals surface area contributed by atoms with Crippen molar-refractivity contribution in [2.75, 3.05) is 0 Å². The summed E-state index contributed by atoms with van der Waals surface area (Å²) >= 11 is 0. The van der Waals surface area contributed by atoms with E-state index < -0.39 is 0 Å². The van der Waals surface area contributed by atoms with Crippen molar-refractivity contribution < 1.29 is 4.42 Å². The summed E-state index contributed by atoms with van der Waals surface area (Å²) in [7, 11) is 0. The molecule has 0 fully saturated rings. The van der Waals surface area contributed by atoms with Crippen LogP contribution in [0.2, 0.25) is 0 Å². The number of hydrogen-bond donors (Lipinski definition) is 0. The maximum atomic E-state index is 7.52. The van der Waals surface area contributed by atoms with Crippen molar-refractivity contribution in [3.05, 3.63) is 218 Å². The number of furan rings is 1. The van der Waals surface area contributed by atoms with Crippen LogP contribution in [0.4, 0.5) is 0 Å². The summed E-state index contributed by atoms with van der Waals surface area (Å²) < 4.78 is 17.6. The summed E-state index contributed by atoms with van der Waals surface area (Å²) in [6.07, 6.45) is 0. The average Bonchev–Trinajstić information content (AvgIpc) is 4.17. The van der Waals surface area contributed by atoms with Crippen LogP contribution in [-0.4, -0.2) is 18.3 Å². The van der Waals surface area contributed by atoms with Gasteiger partial charge in [0.15, 0.2) is 5.58 Å². The number of fused-ring (bicyclic) bond motifs is 15. The van der Waals surface area contributed by atoms with Crippen LogP contribution in [0.25, 0.3) is 132 Å². The first-order valence-corrected chi connectivity index (χ1v) is 22.3. The molecule has 5 aromatic heterocycles. The van der Waals surface area contributed by atoms with E-state index in [0.29, 0.717) is 0 Å². The smallest absolute Gasteiger partial charge is 0.163 e. The van der Waals surface area contributed by atoms with Gasteiger partial charge in [0.1, 0.15) is 17.0 Å². The Balaban J connectivity index is 1.34. The van der Waals surface area contributed by atoms with Crippen LogP contribution in [-0.2, 0) is 0 Å². The Bertz CT molecular complexity index is 4280. The second-order valence-corrected chi connectivity index (χ2v) is 17.2. The van der Waals surface area contributed by atoms with Gasteiger partial charge in [-0.05, 0) is 54.6 Å². The van der Waals surface area contributed by atoms with Crippen LogP contribution >= 0.6 is 0 Å². The molecule has 0 unspecified atom stereocenters. The monoisotopic (exact) mass is 828 g/mol. The lowest BCUT2D eigenvalue weighted by Crippen LogP contribution is -2.14. The van der Waals surface area contributed by atoms with Gasteiger partial charge in [0.25, 0.3) is 0 Å². The molecule has 0 spiro atoms. The van der Waals surface area contributed by atoms with E-state index in [4.69, 9.17) is 4.42 Å². The SMILES string of the molecule is c1ccc2c(c1)oc1c(-n3c4ccccc4c4ccccc43)c(-n3c4ccccc4c4ccccc43)c(-n3c4ccccc4c4ccccc43)c(-n3c4ccccc4c4ccccc43)c12. The first-order chi connectivity index (χ1) is 32.3. The molecule has 5 nitrogen and oxygen atoms in total. The first-order valence-electron chi connectivity index (χ1n) is 22.3. The van der Waals surface area contributed by atoms with E-state index in [1.807, 2.05) is 0 Å². The first kappa shape index (κ1) is 34.7. The highest BCUT2D eigenvalue weighted by Gasteiger charge is 2.34. The molecule has 302 valence electrons. The predicted octanol–water partition coefficient (Wildman–Crippen LogP) is 16.0. The lowest BCUT2D eigenvalue weighted by atomic mass is 10.0. The van der Waals surface area contributed by atoms with Crippen molar-refractivity contribution in [3.8, 4) is 22.7 Å². The zero-order chi connectivity index (χ0) is 42.3. The molecule has 15 rings (SSSR count). The number of para-hydroxylation sites is 9. The van der Waals surface area contributed by atoms with Gasteiger partial charge in [-0.1, -0.05) is 164 Å². The van der Waals surface area contributed by atoms with Crippen LogP contribution in [0, 0.1) is 0 Å². The molecule has 0 saturated carbocycles. The van der Waals surface area contributed by atoms with Crippen molar-refractivity contribution in [3.63, 3.8) is 0 Å². The van der Waals surface area contributed by atoms with Crippen LogP contribution in [0.3, 0.4) is 0 Å². The van der Waals surface area contributed by atoms with Gasteiger partial charge in [0.05, 0.1) is 60.9 Å². The highest BCUT2D eigenvalue weighted by molar-refractivity contribution is 6.23. The summed E-state index contributed by atoms with van der Waals surface area (Å²) in [5, 5.41) is 11.6. The Morgan fingerprint density at radius 1 is 0.215 bits per heavy atom. The van der Waals surface area contributed by atoms with Crippen LogP contribution in [0.15, 0.2) is 223 Å². The van der Waals surface area contributed by atoms with Gasteiger partial charge < -0.3 is 22.7 Å². The zero-order valence-electron chi connectivity index (χ0n) is 35.0. The topological polar surface area (TPSA) is 32.9 Å². The zero-order valence-corrected chi connectivity index (χ0v) is 35.0. The Morgan fingerprint density at radius 3 is 0.769 bits per heavy atom. The molecule has 5 heteroatoms. The summed E-state index contributed by atoms with van der Waals surface area (Å²) in [4.78, 5) is 0. The molecule has 5 heterocycles. The van der Waals surface area contributed by atoms with Crippen molar-refractivity contribution in [2.45, 2.75) is 0 Å². The molecule has 0 radical (unpaired) electrons. The lowest BCUT2D eigenvalue weighted by Gasteiger charge is -2.26. The van der Waals surface area contributed by atoms with E-state index in [9.17, 15) is 0 Å². The van der Waals surface area contributed by atoms with Gasteiger partial charge in [-0.25, -0.2) is 0 Å². The molecule has 0 aliphatic rings. The van der Waals surface area contributed by atoms with Gasteiger partial charge in [-0.15, -0.1) is 0 Å². The Labute approximate surface area is 371 Å². The van der Waals surface area contributed by atoms with Gasteiger partial charge in [-0.2, -0.15) is 0 Å². The summed E-state index contributed by atoms with van der Waals surface area (Å²) in [5.74, 6) is 0. The number of hydrogen-bond acceptors (Lipinski definition) is 1. The van der Waals surface area contributed by atoms with Gasteiger partial charge in [0, 0.05) is 48.5 Å². The second-order valence-electron chi connectivity index (χ2n) is 17.2. The average molecular weight is 829 g/mol. The molecule has 15 aromatic rings. The minimum absolute atomic E-state index is 0.816. The summed E-state index contributed by atoms with van der Waals surface area (Å²) in [5.41, 5.74) is 14.7. The maximum Gasteiger partial charge on any atom is 0.163 e. The van der Waals surface area contributed by atoms with Gasteiger partial charge >= 0.3 is 0 Å². The molecule has 0 bridgehead atoms. The lowest BCUT2D eigenvalue weighted by molar-refractivity contribution is 0.665. The molecule has 0 N–H and O–H groups in total. The van der Waals surface area contributed by atoms with E-state index in [0.717, 1.165) is 88.8 Å².